The molecule has 0 radical (unpaired) electrons. The fourth-order valence-electron chi connectivity index (χ4n) is 1.95. The van der Waals surface area contributed by atoms with Gasteiger partial charge >= 0.3 is 5.97 Å². The average Bonchev–Trinajstić information content (AvgIpc) is 2.13. The highest BCUT2D eigenvalue weighted by molar-refractivity contribution is 5.69. The van der Waals surface area contributed by atoms with Gasteiger partial charge in [-0.15, -0.1) is 0 Å². The van der Waals surface area contributed by atoms with Crippen LogP contribution < -0.4 is 0 Å². The van der Waals surface area contributed by atoms with E-state index in [4.69, 9.17) is 4.74 Å². The summed E-state index contributed by atoms with van der Waals surface area (Å²) >= 11 is 0. The molecule has 2 heteroatoms. The largest absolute Gasteiger partial charge is 0.462 e. The summed E-state index contributed by atoms with van der Waals surface area (Å²) in [5.41, 5.74) is 0. The summed E-state index contributed by atoms with van der Waals surface area (Å²) in [5, 5.41) is 0. The zero-order valence-electron chi connectivity index (χ0n) is 9.26. The zero-order chi connectivity index (χ0) is 10.2. The van der Waals surface area contributed by atoms with Gasteiger partial charge in [0.05, 0.1) is 0 Å². The van der Waals surface area contributed by atoms with Gasteiger partial charge < -0.3 is 4.74 Å². The van der Waals surface area contributed by atoms with E-state index in [-0.39, 0.29) is 12.1 Å². The topological polar surface area (TPSA) is 26.3 Å². The van der Waals surface area contributed by atoms with E-state index < -0.39 is 0 Å². The van der Waals surface area contributed by atoms with Crippen molar-refractivity contribution in [1.29, 1.82) is 0 Å². The van der Waals surface area contributed by atoms with Crippen LogP contribution in [0, 0.1) is 0 Å². The van der Waals surface area contributed by atoms with Crippen molar-refractivity contribution in [2.75, 3.05) is 0 Å². The molecule has 0 spiro atoms. The lowest BCUT2D eigenvalue weighted by atomic mass is 10.0. The number of rotatable bonds is 4. The Morgan fingerprint density at radius 3 is 2.93 bits per heavy atom. The second-order valence-corrected chi connectivity index (χ2v) is 4.21. The number of cyclic esters (lactones) is 1. The highest BCUT2D eigenvalue weighted by Gasteiger charge is 2.16. The monoisotopic (exact) mass is 198 g/mol. The molecule has 14 heavy (non-hydrogen) atoms. The predicted molar refractivity (Wildman–Crippen MR) is 57.1 cm³/mol. The Balaban J connectivity index is 2.22. The first kappa shape index (κ1) is 11.5. The first-order valence-electron chi connectivity index (χ1n) is 6.02. The van der Waals surface area contributed by atoms with Crippen LogP contribution in [-0.2, 0) is 9.53 Å². The number of hydrogen-bond donors (Lipinski definition) is 0. The normalized spacial score (nSPS) is 23.8. The Hall–Kier alpha value is -0.530. The van der Waals surface area contributed by atoms with E-state index in [1.807, 2.05) is 0 Å². The summed E-state index contributed by atoms with van der Waals surface area (Å²) in [6.07, 6.45) is 10.1. The first-order chi connectivity index (χ1) is 6.83. The van der Waals surface area contributed by atoms with Crippen LogP contribution >= 0.6 is 0 Å². The maximum absolute atomic E-state index is 11.3. The summed E-state index contributed by atoms with van der Waals surface area (Å²) in [6, 6.07) is 0. The van der Waals surface area contributed by atoms with Crippen LogP contribution in [0.25, 0.3) is 0 Å². The van der Waals surface area contributed by atoms with E-state index in [9.17, 15) is 4.79 Å². The Labute approximate surface area is 87.0 Å². The number of carbonyl (C=O) groups is 1. The third-order valence-electron chi connectivity index (χ3n) is 2.83. The molecule has 0 aliphatic carbocycles. The quantitative estimate of drug-likeness (QED) is 0.511. The fraction of sp³-hybridized carbons (Fsp3) is 0.917. The maximum atomic E-state index is 11.3. The molecule has 1 heterocycles. The summed E-state index contributed by atoms with van der Waals surface area (Å²) in [7, 11) is 0. The van der Waals surface area contributed by atoms with E-state index in [0.29, 0.717) is 6.42 Å². The van der Waals surface area contributed by atoms with Crippen LogP contribution in [0.1, 0.15) is 64.7 Å². The Morgan fingerprint density at radius 2 is 2.14 bits per heavy atom. The minimum atomic E-state index is 0.0196. The van der Waals surface area contributed by atoms with Gasteiger partial charge in [-0.25, -0.2) is 0 Å². The van der Waals surface area contributed by atoms with Gasteiger partial charge in [0.15, 0.2) is 0 Å². The van der Waals surface area contributed by atoms with E-state index in [1.165, 1.54) is 32.1 Å². The van der Waals surface area contributed by atoms with E-state index >= 15 is 0 Å². The molecule has 0 aromatic heterocycles. The summed E-state index contributed by atoms with van der Waals surface area (Å²) < 4.78 is 5.40. The molecule has 0 amide bonds. The molecule has 2 nitrogen and oxygen atoms in total. The van der Waals surface area contributed by atoms with Crippen LogP contribution in [-0.4, -0.2) is 12.1 Å². The molecule has 1 saturated heterocycles. The van der Waals surface area contributed by atoms with Crippen LogP contribution in [0.4, 0.5) is 0 Å². The summed E-state index contributed by atoms with van der Waals surface area (Å²) in [5.74, 6) is 0.0196. The van der Waals surface area contributed by atoms with Crippen molar-refractivity contribution in [3.63, 3.8) is 0 Å². The first-order valence-corrected chi connectivity index (χ1v) is 6.02. The predicted octanol–water partition coefficient (Wildman–Crippen LogP) is 3.44. The van der Waals surface area contributed by atoms with Gasteiger partial charge in [0.25, 0.3) is 0 Å². The number of unbranched alkanes of at least 4 members (excludes halogenated alkanes) is 2. The van der Waals surface area contributed by atoms with Crippen LogP contribution in [0.3, 0.4) is 0 Å². The Kier molecular flexibility index (Phi) is 5.65. The SMILES string of the molecule is CCCCC[C@H]1CCCCCC(=O)O1. The van der Waals surface area contributed by atoms with Gasteiger partial charge in [-0.2, -0.15) is 0 Å². The average molecular weight is 198 g/mol. The smallest absolute Gasteiger partial charge is 0.306 e. The molecule has 82 valence electrons. The van der Waals surface area contributed by atoms with Crippen molar-refractivity contribution in [3.8, 4) is 0 Å². The Morgan fingerprint density at radius 1 is 1.29 bits per heavy atom. The van der Waals surface area contributed by atoms with Gasteiger partial charge in [-0.3, -0.25) is 4.79 Å². The summed E-state index contributed by atoms with van der Waals surface area (Å²) in [6.45, 7) is 2.20. The van der Waals surface area contributed by atoms with Gasteiger partial charge in [0.2, 0.25) is 0 Å². The minimum absolute atomic E-state index is 0.0196. The van der Waals surface area contributed by atoms with Gasteiger partial charge in [0, 0.05) is 6.42 Å². The van der Waals surface area contributed by atoms with Crippen molar-refractivity contribution in [2.24, 2.45) is 0 Å². The molecule has 1 fully saturated rings. The van der Waals surface area contributed by atoms with Gasteiger partial charge in [-0.1, -0.05) is 26.2 Å². The van der Waals surface area contributed by atoms with Gasteiger partial charge in [-0.05, 0) is 32.1 Å². The number of carbonyl (C=O) groups excluding carboxylic acids is 1. The van der Waals surface area contributed by atoms with Crippen molar-refractivity contribution < 1.29 is 9.53 Å². The summed E-state index contributed by atoms with van der Waals surface area (Å²) in [4.78, 5) is 11.3. The molecular formula is C12H22O2. The molecule has 0 aromatic carbocycles. The van der Waals surface area contributed by atoms with Crippen LogP contribution in [0.5, 0.6) is 0 Å². The molecule has 0 saturated carbocycles. The molecule has 0 aromatic rings. The highest BCUT2D eigenvalue weighted by atomic mass is 16.5. The molecule has 0 N–H and O–H groups in total. The molecule has 1 atom stereocenters. The minimum Gasteiger partial charge on any atom is -0.462 e. The third kappa shape index (κ3) is 4.64. The standard InChI is InChI=1S/C12H22O2/c1-2-3-5-8-11-9-6-4-7-10-12(13)14-11/h11H,2-10H2,1H3/t11-/m0/s1. The lowest BCUT2D eigenvalue weighted by Gasteiger charge is -2.20. The third-order valence-corrected chi connectivity index (χ3v) is 2.83. The van der Waals surface area contributed by atoms with Crippen LogP contribution in [0.15, 0.2) is 0 Å². The molecule has 0 bridgehead atoms. The van der Waals surface area contributed by atoms with Gasteiger partial charge in [0.1, 0.15) is 6.10 Å². The lowest BCUT2D eigenvalue weighted by Crippen LogP contribution is -2.20. The van der Waals surface area contributed by atoms with Crippen molar-refractivity contribution in [2.45, 2.75) is 70.8 Å². The number of esters is 1. The highest BCUT2D eigenvalue weighted by Crippen LogP contribution is 2.18. The molecule has 1 aliphatic rings. The van der Waals surface area contributed by atoms with Crippen molar-refractivity contribution in [1.82, 2.24) is 0 Å². The maximum Gasteiger partial charge on any atom is 0.306 e. The lowest BCUT2D eigenvalue weighted by molar-refractivity contribution is -0.150. The van der Waals surface area contributed by atoms with Crippen molar-refractivity contribution >= 4 is 5.97 Å². The Bertz CT molecular complexity index is 166. The number of hydrogen-bond acceptors (Lipinski definition) is 2. The second kappa shape index (κ2) is 6.86. The second-order valence-electron chi connectivity index (χ2n) is 4.21. The molecule has 0 unspecified atom stereocenters. The molecule has 1 aliphatic heterocycles. The van der Waals surface area contributed by atoms with Crippen LogP contribution in [0.2, 0.25) is 0 Å². The molecular weight excluding hydrogens is 176 g/mol. The van der Waals surface area contributed by atoms with E-state index in [1.54, 1.807) is 0 Å². The fourth-order valence-corrected chi connectivity index (χ4v) is 1.95. The number of ether oxygens (including phenoxy) is 1. The van der Waals surface area contributed by atoms with E-state index in [2.05, 4.69) is 6.92 Å². The van der Waals surface area contributed by atoms with E-state index in [0.717, 1.165) is 19.3 Å². The zero-order valence-corrected chi connectivity index (χ0v) is 9.26. The molecule has 1 rings (SSSR count). The van der Waals surface area contributed by atoms with Crippen molar-refractivity contribution in [3.05, 3.63) is 0 Å².